The van der Waals surface area contributed by atoms with E-state index in [1.165, 1.54) is 7.11 Å². The number of hydrogen-bond donors (Lipinski definition) is 0. The van der Waals surface area contributed by atoms with E-state index in [2.05, 4.69) is 9.89 Å². The lowest BCUT2D eigenvalue weighted by Crippen LogP contribution is -2.27. The normalized spacial score (nSPS) is 32.2. The van der Waals surface area contributed by atoms with E-state index in [-0.39, 0.29) is 12.0 Å². The summed E-state index contributed by atoms with van der Waals surface area (Å²) < 4.78 is 9.66. The van der Waals surface area contributed by atoms with Gasteiger partial charge in [0.05, 0.1) is 26.2 Å². The van der Waals surface area contributed by atoms with Crippen LogP contribution in [-0.2, 0) is 19.1 Å². The standard InChI is InChI=1S/C7H9NO4/c1-10-7(9)6-4-2-11-3-5(4)12-8-6/h4-5H,2-3H2,1H3. The zero-order valence-electron chi connectivity index (χ0n) is 6.65. The third-order valence-electron chi connectivity index (χ3n) is 2.06. The second kappa shape index (κ2) is 2.75. The molecule has 0 radical (unpaired) electrons. The number of ether oxygens (including phenoxy) is 2. The minimum Gasteiger partial charge on any atom is -0.464 e. The molecular weight excluding hydrogens is 162 g/mol. The molecule has 2 aliphatic heterocycles. The molecule has 2 unspecified atom stereocenters. The summed E-state index contributed by atoms with van der Waals surface area (Å²) >= 11 is 0. The number of fused-ring (bicyclic) bond motifs is 1. The average Bonchev–Trinajstić information content (AvgIpc) is 2.62. The second-order valence-corrected chi connectivity index (χ2v) is 2.76. The molecule has 0 spiro atoms. The highest BCUT2D eigenvalue weighted by Crippen LogP contribution is 2.25. The Morgan fingerprint density at radius 3 is 3.25 bits per heavy atom. The highest BCUT2D eigenvalue weighted by Gasteiger charge is 2.42. The van der Waals surface area contributed by atoms with Crippen molar-refractivity contribution in [3.05, 3.63) is 0 Å². The van der Waals surface area contributed by atoms with Gasteiger partial charge >= 0.3 is 5.97 Å². The molecule has 12 heavy (non-hydrogen) atoms. The Morgan fingerprint density at radius 1 is 1.67 bits per heavy atom. The first-order valence-electron chi connectivity index (χ1n) is 3.72. The molecule has 0 aromatic carbocycles. The number of methoxy groups -OCH3 is 1. The van der Waals surface area contributed by atoms with Gasteiger partial charge < -0.3 is 14.3 Å². The first-order valence-corrected chi connectivity index (χ1v) is 3.72. The van der Waals surface area contributed by atoms with Gasteiger partial charge in [-0.15, -0.1) is 0 Å². The third kappa shape index (κ3) is 0.972. The summed E-state index contributed by atoms with van der Waals surface area (Å²) in [5.74, 6) is -0.453. The fourth-order valence-electron chi connectivity index (χ4n) is 1.38. The van der Waals surface area contributed by atoms with Crippen molar-refractivity contribution in [2.24, 2.45) is 11.1 Å². The first-order chi connectivity index (χ1) is 5.83. The van der Waals surface area contributed by atoms with E-state index in [1.807, 2.05) is 0 Å². The second-order valence-electron chi connectivity index (χ2n) is 2.76. The Hall–Kier alpha value is -1.10. The van der Waals surface area contributed by atoms with E-state index in [0.29, 0.717) is 18.9 Å². The number of hydrogen-bond acceptors (Lipinski definition) is 5. The van der Waals surface area contributed by atoms with Gasteiger partial charge in [0.2, 0.25) is 0 Å². The van der Waals surface area contributed by atoms with Crippen molar-refractivity contribution in [1.82, 2.24) is 0 Å². The lowest BCUT2D eigenvalue weighted by atomic mass is 10.0. The zero-order valence-corrected chi connectivity index (χ0v) is 6.65. The van der Waals surface area contributed by atoms with Crippen molar-refractivity contribution in [2.75, 3.05) is 20.3 Å². The van der Waals surface area contributed by atoms with Crippen molar-refractivity contribution in [3.8, 4) is 0 Å². The number of nitrogens with zero attached hydrogens (tertiary/aromatic N) is 1. The Bertz CT molecular complexity index is 238. The quantitative estimate of drug-likeness (QED) is 0.502. The molecule has 0 saturated carbocycles. The van der Waals surface area contributed by atoms with Crippen LogP contribution in [0.3, 0.4) is 0 Å². The molecule has 0 N–H and O–H groups in total. The summed E-state index contributed by atoms with van der Waals surface area (Å²) in [5.41, 5.74) is 0.347. The van der Waals surface area contributed by atoms with Crippen LogP contribution in [0, 0.1) is 5.92 Å². The molecular formula is C7H9NO4. The predicted octanol–water partition coefficient (Wildman–Crippen LogP) is -0.439. The van der Waals surface area contributed by atoms with E-state index in [0.717, 1.165) is 0 Å². The molecule has 0 aliphatic carbocycles. The zero-order chi connectivity index (χ0) is 8.55. The van der Waals surface area contributed by atoms with E-state index in [1.54, 1.807) is 0 Å². The molecule has 66 valence electrons. The van der Waals surface area contributed by atoms with Crippen LogP contribution in [0.5, 0.6) is 0 Å². The minimum absolute atomic E-state index is 0.0301. The highest BCUT2D eigenvalue weighted by molar-refractivity contribution is 6.37. The van der Waals surface area contributed by atoms with Crippen molar-refractivity contribution in [2.45, 2.75) is 6.10 Å². The fraction of sp³-hybridized carbons (Fsp3) is 0.714. The fourth-order valence-corrected chi connectivity index (χ4v) is 1.38. The molecule has 2 rings (SSSR count). The number of rotatable bonds is 1. The van der Waals surface area contributed by atoms with Crippen LogP contribution >= 0.6 is 0 Å². The topological polar surface area (TPSA) is 57.1 Å². The Kier molecular flexibility index (Phi) is 1.73. The molecule has 0 bridgehead atoms. The summed E-state index contributed by atoms with van der Waals surface area (Å²) in [6.07, 6.45) is -0.0842. The van der Waals surface area contributed by atoms with Crippen LogP contribution < -0.4 is 0 Å². The van der Waals surface area contributed by atoms with Crippen molar-refractivity contribution < 1.29 is 19.1 Å². The third-order valence-corrected chi connectivity index (χ3v) is 2.06. The maximum atomic E-state index is 11.1. The summed E-state index contributed by atoms with van der Waals surface area (Å²) in [6.45, 7) is 1.01. The maximum Gasteiger partial charge on any atom is 0.356 e. The monoisotopic (exact) mass is 171 g/mol. The summed E-state index contributed by atoms with van der Waals surface area (Å²) in [4.78, 5) is 16.0. The van der Waals surface area contributed by atoms with Crippen LogP contribution in [0.25, 0.3) is 0 Å². The van der Waals surface area contributed by atoms with Gasteiger partial charge in [0.25, 0.3) is 0 Å². The van der Waals surface area contributed by atoms with Crippen LogP contribution in [0.4, 0.5) is 0 Å². The highest BCUT2D eigenvalue weighted by atomic mass is 16.7. The maximum absolute atomic E-state index is 11.1. The van der Waals surface area contributed by atoms with Gasteiger partial charge in [-0.25, -0.2) is 4.79 Å². The van der Waals surface area contributed by atoms with Gasteiger partial charge in [-0.1, -0.05) is 5.16 Å². The van der Waals surface area contributed by atoms with Crippen LogP contribution in [-0.4, -0.2) is 38.1 Å². The van der Waals surface area contributed by atoms with E-state index >= 15 is 0 Å². The molecule has 5 heteroatoms. The molecule has 5 nitrogen and oxygen atoms in total. The average molecular weight is 171 g/mol. The Labute approximate surface area is 69.3 Å². The predicted molar refractivity (Wildman–Crippen MR) is 38.6 cm³/mol. The van der Waals surface area contributed by atoms with E-state index < -0.39 is 5.97 Å². The lowest BCUT2D eigenvalue weighted by molar-refractivity contribution is -0.133. The smallest absolute Gasteiger partial charge is 0.356 e. The molecule has 0 aromatic heterocycles. The summed E-state index contributed by atoms with van der Waals surface area (Å²) in [7, 11) is 1.33. The molecule has 2 aliphatic rings. The number of oxime groups is 1. The number of carbonyl (C=O) groups is 1. The van der Waals surface area contributed by atoms with E-state index in [4.69, 9.17) is 9.57 Å². The van der Waals surface area contributed by atoms with Crippen LogP contribution in [0.1, 0.15) is 0 Å². The Morgan fingerprint density at radius 2 is 2.50 bits per heavy atom. The molecule has 2 heterocycles. The first kappa shape index (κ1) is 7.54. The SMILES string of the molecule is COC(=O)C1=NOC2COCC12. The van der Waals surface area contributed by atoms with Gasteiger partial charge in [0, 0.05) is 0 Å². The summed E-state index contributed by atoms with van der Waals surface area (Å²) in [5, 5.41) is 3.65. The van der Waals surface area contributed by atoms with Gasteiger partial charge in [-0.05, 0) is 0 Å². The molecule has 1 saturated heterocycles. The van der Waals surface area contributed by atoms with Gasteiger partial charge in [0.1, 0.15) is 0 Å². The van der Waals surface area contributed by atoms with Crippen LogP contribution in [0.15, 0.2) is 5.16 Å². The molecule has 1 fully saturated rings. The summed E-state index contributed by atoms with van der Waals surface area (Å²) in [6, 6.07) is 0. The molecule has 0 amide bonds. The molecule has 0 aromatic rings. The van der Waals surface area contributed by atoms with Crippen molar-refractivity contribution >= 4 is 11.7 Å². The van der Waals surface area contributed by atoms with Gasteiger partial charge in [0.15, 0.2) is 11.8 Å². The largest absolute Gasteiger partial charge is 0.464 e. The number of carbonyl (C=O) groups excluding carboxylic acids is 1. The minimum atomic E-state index is -0.423. The van der Waals surface area contributed by atoms with Gasteiger partial charge in [-0.2, -0.15) is 0 Å². The lowest BCUT2D eigenvalue weighted by Gasteiger charge is -2.03. The van der Waals surface area contributed by atoms with Crippen molar-refractivity contribution in [1.29, 1.82) is 0 Å². The van der Waals surface area contributed by atoms with Crippen LogP contribution in [0.2, 0.25) is 0 Å². The van der Waals surface area contributed by atoms with Crippen molar-refractivity contribution in [3.63, 3.8) is 0 Å². The van der Waals surface area contributed by atoms with E-state index in [9.17, 15) is 4.79 Å². The number of esters is 1. The Balaban J connectivity index is 2.12. The van der Waals surface area contributed by atoms with Gasteiger partial charge in [-0.3, -0.25) is 0 Å². The molecule has 2 atom stereocenters.